The number of anilines is 3. The summed E-state index contributed by atoms with van der Waals surface area (Å²) in [7, 11) is 0. The number of carboxylic acid groups (broad SMARTS) is 1. The molecule has 0 bridgehead atoms. The molecule has 0 unspecified atom stereocenters. The molecule has 0 spiro atoms. The third-order valence-corrected chi connectivity index (χ3v) is 2.64. The van der Waals surface area contributed by atoms with Crippen LogP contribution in [-0.2, 0) is 11.2 Å². The summed E-state index contributed by atoms with van der Waals surface area (Å²) in [5.74, 6) is -0.240. The molecule has 0 saturated heterocycles. The molecule has 0 fully saturated rings. The smallest absolute Gasteiger partial charge is 0.307 e. The van der Waals surface area contributed by atoms with Crippen LogP contribution in [0.15, 0.2) is 36.4 Å². The van der Waals surface area contributed by atoms with Crippen LogP contribution in [0.1, 0.15) is 11.3 Å². The molecule has 1 heterocycles. The van der Waals surface area contributed by atoms with Crippen LogP contribution in [0.5, 0.6) is 0 Å². The van der Waals surface area contributed by atoms with Gasteiger partial charge in [0.15, 0.2) is 5.82 Å². The lowest BCUT2D eigenvalue weighted by atomic mass is 10.1. The molecule has 19 heavy (non-hydrogen) atoms. The molecule has 5 heteroatoms. The lowest BCUT2D eigenvalue weighted by Crippen LogP contribution is -2.02. The van der Waals surface area contributed by atoms with Gasteiger partial charge in [-0.2, -0.15) is 0 Å². The monoisotopic (exact) mass is 257 g/mol. The van der Waals surface area contributed by atoms with Gasteiger partial charge in [0, 0.05) is 11.4 Å². The Morgan fingerprint density at radius 3 is 2.58 bits per heavy atom. The largest absolute Gasteiger partial charge is 0.481 e. The Labute approximate surface area is 111 Å². The van der Waals surface area contributed by atoms with E-state index < -0.39 is 5.97 Å². The number of aliphatic carboxylic acids is 1. The van der Waals surface area contributed by atoms with E-state index in [0.717, 1.165) is 16.9 Å². The average molecular weight is 257 g/mol. The summed E-state index contributed by atoms with van der Waals surface area (Å²) in [6.45, 7) is 1.89. The van der Waals surface area contributed by atoms with Gasteiger partial charge in [-0.1, -0.05) is 12.1 Å². The highest BCUT2D eigenvalue weighted by molar-refractivity contribution is 5.71. The minimum atomic E-state index is -0.842. The summed E-state index contributed by atoms with van der Waals surface area (Å²) >= 11 is 0. The third-order valence-electron chi connectivity index (χ3n) is 2.64. The maximum Gasteiger partial charge on any atom is 0.307 e. The number of rotatable bonds is 4. The van der Waals surface area contributed by atoms with E-state index in [1.807, 2.05) is 25.1 Å². The van der Waals surface area contributed by atoms with Gasteiger partial charge < -0.3 is 16.2 Å². The molecule has 0 radical (unpaired) electrons. The average Bonchev–Trinajstić information content (AvgIpc) is 2.35. The molecule has 0 aliphatic rings. The third kappa shape index (κ3) is 3.45. The first-order valence-electron chi connectivity index (χ1n) is 5.85. The van der Waals surface area contributed by atoms with Gasteiger partial charge >= 0.3 is 5.97 Å². The summed E-state index contributed by atoms with van der Waals surface area (Å²) in [6.07, 6.45) is 0.0190. The first-order chi connectivity index (χ1) is 9.04. The normalized spacial score (nSPS) is 10.2. The van der Waals surface area contributed by atoms with Crippen molar-refractivity contribution < 1.29 is 9.90 Å². The van der Waals surface area contributed by atoms with Crippen molar-refractivity contribution >= 4 is 23.2 Å². The van der Waals surface area contributed by atoms with Crippen molar-refractivity contribution in [2.24, 2.45) is 0 Å². The summed E-state index contributed by atoms with van der Waals surface area (Å²) in [5, 5.41) is 11.8. The van der Waals surface area contributed by atoms with E-state index in [1.54, 1.807) is 18.2 Å². The van der Waals surface area contributed by atoms with Crippen LogP contribution in [0, 0.1) is 6.92 Å². The highest BCUT2D eigenvalue weighted by Gasteiger charge is 2.03. The van der Waals surface area contributed by atoms with Crippen molar-refractivity contribution in [3.05, 3.63) is 47.7 Å². The fraction of sp³-hybridized carbons (Fsp3) is 0.143. The molecular weight excluding hydrogens is 242 g/mol. The van der Waals surface area contributed by atoms with E-state index in [-0.39, 0.29) is 6.42 Å². The molecular formula is C14H15N3O2. The molecule has 0 atom stereocenters. The van der Waals surface area contributed by atoms with Gasteiger partial charge in [-0.15, -0.1) is 0 Å². The fourth-order valence-corrected chi connectivity index (χ4v) is 1.68. The first kappa shape index (κ1) is 12.9. The quantitative estimate of drug-likeness (QED) is 0.782. The van der Waals surface area contributed by atoms with Crippen LogP contribution in [-0.4, -0.2) is 16.1 Å². The number of aromatic nitrogens is 1. The molecule has 2 rings (SSSR count). The Morgan fingerprint density at radius 1 is 1.26 bits per heavy atom. The van der Waals surface area contributed by atoms with Gasteiger partial charge in [0.05, 0.1) is 12.1 Å². The van der Waals surface area contributed by atoms with Gasteiger partial charge in [-0.25, -0.2) is 4.98 Å². The summed E-state index contributed by atoms with van der Waals surface area (Å²) < 4.78 is 0. The molecule has 98 valence electrons. The summed E-state index contributed by atoms with van der Waals surface area (Å²) in [4.78, 5) is 14.9. The van der Waals surface area contributed by atoms with Gasteiger partial charge in [0.25, 0.3) is 0 Å². The van der Waals surface area contributed by atoms with Crippen molar-refractivity contribution in [3.63, 3.8) is 0 Å². The van der Waals surface area contributed by atoms with E-state index >= 15 is 0 Å². The summed E-state index contributed by atoms with van der Waals surface area (Å²) in [6, 6.07) is 10.8. The van der Waals surface area contributed by atoms with Crippen LogP contribution in [0.3, 0.4) is 0 Å². The predicted octanol–water partition coefficient (Wildman–Crippen LogP) is 2.34. The Balaban J connectivity index is 2.15. The van der Waals surface area contributed by atoms with Gasteiger partial charge in [0.1, 0.15) is 0 Å². The minimum absolute atomic E-state index is 0.0190. The standard InChI is InChI=1S/C14H15N3O2/c1-9-2-7-12(15)14(16-9)17-11-5-3-10(4-6-11)8-13(18)19/h2-7H,8,15H2,1H3,(H,16,17)(H,18,19). The Morgan fingerprint density at radius 2 is 1.95 bits per heavy atom. The molecule has 0 aliphatic carbocycles. The second-order valence-corrected chi connectivity index (χ2v) is 4.28. The van der Waals surface area contributed by atoms with Gasteiger partial charge in [-0.05, 0) is 36.8 Å². The zero-order valence-corrected chi connectivity index (χ0v) is 10.6. The van der Waals surface area contributed by atoms with Crippen LogP contribution < -0.4 is 11.1 Å². The Kier molecular flexibility index (Phi) is 3.66. The molecule has 4 N–H and O–H groups in total. The number of aryl methyl sites for hydroxylation is 1. The SMILES string of the molecule is Cc1ccc(N)c(Nc2ccc(CC(=O)O)cc2)n1. The van der Waals surface area contributed by atoms with Crippen molar-refractivity contribution in [2.45, 2.75) is 13.3 Å². The van der Waals surface area contributed by atoms with E-state index in [1.165, 1.54) is 0 Å². The number of nitrogen functional groups attached to an aromatic ring is 1. The number of carbonyl (C=O) groups is 1. The van der Waals surface area contributed by atoms with Crippen molar-refractivity contribution in [2.75, 3.05) is 11.1 Å². The number of pyridine rings is 1. The first-order valence-corrected chi connectivity index (χ1v) is 5.85. The topological polar surface area (TPSA) is 88.2 Å². The lowest BCUT2D eigenvalue weighted by Gasteiger charge is -2.09. The highest BCUT2D eigenvalue weighted by atomic mass is 16.4. The van der Waals surface area contributed by atoms with E-state index in [2.05, 4.69) is 10.3 Å². The van der Waals surface area contributed by atoms with Crippen LogP contribution in [0.25, 0.3) is 0 Å². The molecule has 0 amide bonds. The number of benzene rings is 1. The molecule has 2 aromatic rings. The highest BCUT2D eigenvalue weighted by Crippen LogP contribution is 2.21. The fourth-order valence-electron chi connectivity index (χ4n) is 1.68. The zero-order valence-electron chi connectivity index (χ0n) is 10.6. The molecule has 0 aliphatic heterocycles. The second kappa shape index (κ2) is 5.39. The predicted molar refractivity (Wildman–Crippen MR) is 74.5 cm³/mol. The van der Waals surface area contributed by atoms with Gasteiger partial charge in [-0.3, -0.25) is 4.79 Å². The maximum atomic E-state index is 10.6. The number of nitrogens with one attached hydrogen (secondary N) is 1. The Hall–Kier alpha value is -2.56. The number of hydrogen-bond acceptors (Lipinski definition) is 4. The lowest BCUT2D eigenvalue weighted by molar-refractivity contribution is -0.136. The molecule has 5 nitrogen and oxygen atoms in total. The van der Waals surface area contributed by atoms with Gasteiger partial charge in [0.2, 0.25) is 0 Å². The molecule has 0 saturated carbocycles. The number of carboxylic acids is 1. The van der Waals surface area contributed by atoms with Crippen LogP contribution in [0.4, 0.5) is 17.2 Å². The molecule has 1 aromatic carbocycles. The Bertz CT molecular complexity index is 594. The second-order valence-electron chi connectivity index (χ2n) is 4.28. The maximum absolute atomic E-state index is 10.6. The van der Waals surface area contributed by atoms with E-state index in [0.29, 0.717) is 11.5 Å². The van der Waals surface area contributed by atoms with Crippen LogP contribution >= 0.6 is 0 Å². The van der Waals surface area contributed by atoms with Crippen molar-refractivity contribution in [1.29, 1.82) is 0 Å². The van der Waals surface area contributed by atoms with E-state index in [4.69, 9.17) is 10.8 Å². The van der Waals surface area contributed by atoms with E-state index in [9.17, 15) is 4.79 Å². The van der Waals surface area contributed by atoms with Crippen LogP contribution in [0.2, 0.25) is 0 Å². The molecule has 1 aromatic heterocycles. The number of nitrogens with zero attached hydrogens (tertiary/aromatic N) is 1. The number of nitrogens with two attached hydrogens (primary N) is 1. The minimum Gasteiger partial charge on any atom is -0.481 e. The van der Waals surface area contributed by atoms with Crippen molar-refractivity contribution in [1.82, 2.24) is 4.98 Å². The summed E-state index contributed by atoms with van der Waals surface area (Å²) in [5.41, 5.74) is 8.85. The zero-order chi connectivity index (χ0) is 13.8. The van der Waals surface area contributed by atoms with Crippen molar-refractivity contribution in [3.8, 4) is 0 Å². The number of hydrogen-bond donors (Lipinski definition) is 3.